The van der Waals surface area contributed by atoms with Crippen molar-refractivity contribution < 1.29 is 4.79 Å². The third-order valence-corrected chi connectivity index (χ3v) is 4.04. The van der Waals surface area contributed by atoms with Crippen LogP contribution < -0.4 is 10.6 Å². The Morgan fingerprint density at radius 3 is 2.70 bits per heavy atom. The lowest BCUT2D eigenvalue weighted by molar-refractivity contribution is -0.121. The lowest BCUT2D eigenvalue weighted by atomic mass is 10.0. The summed E-state index contributed by atoms with van der Waals surface area (Å²) in [4.78, 5) is 11.7. The molecule has 1 amide bonds. The van der Waals surface area contributed by atoms with E-state index in [0.717, 1.165) is 31.5 Å². The van der Waals surface area contributed by atoms with E-state index in [1.165, 1.54) is 6.42 Å². The predicted octanol–water partition coefficient (Wildman–Crippen LogP) is 3.04. The highest BCUT2D eigenvalue weighted by Crippen LogP contribution is 2.19. The van der Waals surface area contributed by atoms with E-state index in [2.05, 4.69) is 10.6 Å². The number of rotatable bonds is 6. The summed E-state index contributed by atoms with van der Waals surface area (Å²) in [6.07, 6.45) is 3.52. The molecule has 0 bridgehead atoms. The van der Waals surface area contributed by atoms with Gasteiger partial charge in [0, 0.05) is 23.0 Å². The van der Waals surface area contributed by atoms with Gasteiger partial charge < -0.3 is 10.6 Å². The summed E-state index contributed by atoms with van der Waals surface area (Å²) in [6.45, 7) is 2.76. The summed E-state index contributed by atoms with van der Waals surface area (Å²) in [5, 5.41) is 7.53. The van der Waals surface area contributed by atoms with E-state index < -0.39 is 0 Å². The Bertz CT molecular complexity index is 439. The first-order valence-electron chi connectivity index (χ1n) is 7.06. The number of hydrogen-bond donors (Lipinski definition) is 2. The number of amides is 1. The highest BCUT2D eigenvalue weighted by atomic mass is 35.5. The van der Waals surface area contributed by atoms with Crippen molar-refractivity contribution in [2.75, 3.05) is 19.6 Å². The average Bonchev–Trinajstić information content (AvgIpc) is 2.88. The Labute approximate surface area is 130 Å². The Hall–Kier alpha value is -0.770. The summed E-state index contributed by atoms with van der Waals surface area (Å²) >= 11 is 11.9. The summed E-state index contributed by atoms with van der Waals surface area (Å²) in [7, 11) is 0. The zero-order chi connectivity index (χ0) is 14.4. The Kier molecular flexibility index (Phi) is 6.14. The number of hydrogen-bond acceptors (Lipinski definition) is 2. The van der Waals surface area contributed by atoms with Crippen LogP contribution in [0.5, 0.6) is 0 Å². The molecule has 5 heteroatoms. The molecule has 2 N–H and O–H groups in total. The molecule has 1 heterocycles. The summed E-state index contributed by atoms with van der Waals surface area (Å²) in [5.41, 5.74) is 1.04. The van der Waals surface area contributed by atoms with Gasteiger partial charge in [-0.15, -0.1) is 0 Å². The van der Waals surface area contributed by atoms with Gasteiger partial charge in [-0.25, -0.2) is 0 Å². The van der Waals surface area contributed by atoms with Gasteiger partial charge in [-0.2, -0.15) is 0 Å². The van der Waals surface area contributed by atoms with Gasteiger partial charge in [0.1, 0.15) is 0 Å². The standard InChI is InChI=1S/C15H20Cl2N2O/c16-13-7-12(8-14(17)9-13)4-6-19-15(20)2-1-11-3-5-18-10-11/h7-9,11,18H,1-6,10H2,(H,19,20). The van der Waals surface area contributed by atoms with Gasteiger partial charge in [-0.1, -0.05) is 23.2 Å². The monoisotopic (exact) mass is 314 g/mol. The Balaban J connectivity index is 1.65. The van der Waals surface area contributed by atoms with Gasteiger partial charge in [0.2, 0.25) is 5.91 Å². The van der Waals surface area contributed by atoms with Crippen LogP contribution in [0, 0.1) is 5.92 Å². The van der Waals surface area contributed by atoms with E-state index in [1.807, 2.05) is 12.1 Å². The van der Waals surface area contributed by atoms with Crippen LogP contribution >= 0.6 is 23.2 Å². The second kappa shape index (κ2) is 7.87. The van der Waals surface area contributed by atoms with Crippen molar-refractivity contribution in [3.8, 4) is 0 Å². The number of carbonyl (C=O) groups excluding carboxylic acids is 1. The van der Waals surface area contributed by atoms with Gasteiger partial charge in [0.15, 0.2) is 0 Å². The largest absolute Gasteiger partial charge is 0.356 e. The molecular weight excluding hydrogens is 295 g/mol. The topological polar surface area (TPSA) is 41.1 Å². The third-order valence-electron chi connectivity index (χ3n) is 3.60. The first-order valence-corrected chi connectivity index (χ1v) is 7.81. The zero-order valence-electron chi connectivity index (χ0n) is 11.4. The Morgan fingerprint density at radius 2 is 2.05 bits per heavy atom. The molecular formula is C15H20Cl2N2O. The van der Waals surface area contributed by atoms with Gasteiger partial charge in [-0.05, 0) is 62.0 Å². The summed E-state index contributed by atoms with van der Waals surface area (Å²) < 4.78 is 0. The van der Waals surface area contributed by atoms with E-state index in [-0.39, 0.29) is 5.91 Å². The average molecular weight is 315 g/mol. The molecule has 1 fully saturated rings. The molecule has 0 aliphatic carbocycles. The number of halogens is 2. The summed E-state index contributed by atoms with van der Waals surface area (Å²) in [5.74, 6) is 0.789. The molecule has 110 valence electrons. The fourth-order valence-corrected chi connectivity index (χ4v) is 3.06. The van der Waals surface area contributed by atoms with Gasteiger partial charge >= 0.3 is 0 Å². The molecule has 1 saturated heterocycles. The SMILES string of the molecule is O=C(CCC1CCNC1)NCCc1cc(Cl)cc(Cl)c1. The van der Waals surface area contributed by atoms with Crippen molar-refractivity contribution in [1.29, 1.82) is 0 Å². The van der Waals surface area contributed by atoms with Gasteiger partial charge in [0.25, 0.3) is 0 Å². The molecule has 1 aliphatic rings. The molecule has 3 nitrogen and oxygen atoms in total. The minimum atomic E-state index is 0.130. The van der Waals surface area contributed by atoms with E-state index in [4.69, 9.17) is 23.2 Å². The molecule has 1 atom stereocenters. The zero-order valence-corrected chi connectivity index (χ0v) is 12.9. The lowest BCUT2D eigenvalue weighted by Crippen LogP contribution is -2.26. The molecule has 0 radical (unpaired) electrons. The van der Waals surface area contributed by atoms with Crippen LogP contribution in [0.15, 0.2) is 18.2 Å². The number of carbonyl (C=O) groups is 1. The maximum Gasteiger partial charge on any atom is 0.220 e. The van der Waals surface area contributed by atoms with Crippen LogP contribution in [0.1, 0.15) is 24.8 Å². The molecule has 1 aromatic carbocycles. The smallest absolute Gasteiger partial charge is 0.220 e. The maximum atomic E-state index is 11.7. The molecule has 0 spiro atoms. The first-order chi connectivity index (χ1) is 9.63. The van der Waals surface area contributed by atoms with Crippen molar-refractivity contribution in [3.63, 3.8) is 0 Å². The van der Waals surface area contributed by atoms with Crippen LogP contribution in [0.4, 0.5) is 0 Å². The number of benzene rings is 1. The highest BCUT2D eigenvalue weighted by molar-refractivity contribution is 6.34. The second-order valence-corrected chi connectivity index (χ2v) is 6.15. The van der Waals surface area contributed by atoms with E-state index in [0.29, 0.717) is 28.9 Å². The predicted molar refractivity (Wildman–Crippen MR) is 83.4 cm³/mol. The maximum absolute atomic E-state index is 11.7. The van der Waals surface area contributed by atoms with Gasteiger partial charge in [-0.3, -0.25) is 4.79 Å². The van der Waals surface area contributed by atoms with E-state index >= 15 is 0 Å². The van der Waals surface area contributed by atoms with E-state index in [9.17, 15) is 4.79 Å². The minimum absolute atomic E-state index is 0.130. The molecule has 0 saturated carbocycles. The number of nitrogens with one attached hydrogen (secondary N) is 2. The molecule has 1 aliphatic heterocycles. The van der Waals surface area contributed by atoms with Crippen molar-refractivity contribution in [2.45, 2.75) is 25.7 Å². The lowest BCUT2D eigenvalue weighted by Gasteiger charge is -2.09. The molecule has 20 heavy (non-hydrogen) atoms. The van der Waals surface area contributed by atoms with Crippen molar-refractivity contribution in [2.24, 2.45) is 5.92 Å². The van der Waals surface area contributed by atoms with Crippen LogP contribution in [-0.2, 0) is 11.2 Å². The second-order valence-electron chi connectivity index (χ2n) is 5.28. The highest BCUT2D eigenvalue weighted by Gasteiger charge is 2.15. The van der Waals surface area contributed by atoms with Gasteiger partial charge in [0.05, 0.1) is 0 Å². The minimum Gasteiger partial charge on any atom is -0.356 e. The fraction of sp³-hybridized carbons (Fsp3) is 0.533. The normalized spacial score (nSPS) is 18.2. The van der Waals surface area contributed by atoms with Crippen LogP contribution in [0.2, 0.25) is 10.0 Å². The van der Waals surface area contributed by atoms with Crippen LogP contribution in [-0.4, -0.2) is 25.5 Å². The molecule has 1 unspecified atom stereocenters. The van der Waals surface area contributed by atoms with Crippen LogP contribution in [0.3, 0.4) is 0 Å². The van der Waals surface area contributed by atoms with Crippen LogP contribution in [0.25, 0.3) is 0 Å². The van der Waals surface area contributed by atoms with Crippen molar-refractivity contribution >= 4 is 29.1 Å². The van der Waals surface area contributed by atoms with Crippen molar-refractivity contribution in [3.05, 3.63) is 33.8 Å². The summed E-state index contributed by atoms with van der Waals surface area (Å²) in [6, 6.07) is 5.47. The quantitative estimate of drug-likeness (QED) is 0.847. The Morgan fingerprint density at radius 1 is 1.30 bits per heavy atom. The molecule has 1 aromatic rings. The first kappa shape index (κ1) is 15.6. The molecule has 2 rings (SSSR count). The van der Waals surface area contributed by atoms with E-state index in [1.54, 1.807) is 6.07 Å². The molecule has 0 aromatic heterocycles. The third kappa shape index (κ3) is 5.31. The van der Waals surface area contributed by atoms with Crippen molar-refractivity contribution in [1.82, 2.24) is 10.6 Å². The fourth-order valence-electron chi connectivity index (χ4n) is 2.49.